The number of aryl methyl sites for hydroxylation is 1. The lowest BCUT2D eigenvalue weighted by Crippen LogP contribution is -2.41. The van der Waals surface area contributed by atoms with Gasteiger partial charge in [0.1, 0.15) is 6.17 Å². The summed E-state index contributed by atoms with van der Waals surface area (Å²) in [5.41, 5.74) is 2.48. The Kier molecular flexibility index (Phi) is 6.63. The molecule has 0 aliphatic carbocycles. The van der Waals surface area contributed by atoms with Crippen molar-refractivity contribution >= 4 is 32.7 Å². The fourth-order valence-electron chi connectivity index (χ4n) is 4.61. The zero-order valence-electron chi connectivity index (χ0n) is 21.2. The van der Waals surface area contributed by atoms with Crippen molar-refractivity contribution in [1.82, 2.24) is 28.6 Å². The van der Waals surface area contributed by atoms with Gasteiger partial charge < -0.3 is 15.0 Å². The molecule has 4 aromatic rings. The maximum atomic E-state index is 14.8. The number of anilines is 2. The van der Waals surface area contributed by atoms with Crippen molar-refractivity contribution in [3.63, 3.8) is 0 Å². The highest BCUT2D eigenvalue weighted by Gasteiger charge is 2.31. The molecule has 10 nitrogen and oxygen atoms in total. The summed E-state index contributed by atoms with van der Waals surface area (Å²) >= 11 is 0. The second kappa shape index (κ2) is 9.75. The Bertz CT molecular complexity index is 1530. The van der Waals surface area contributed by atoms with Crippen molar-refractivity contribution in [3.8, 4) is 5.88 Å². The molecule has 0 radical (unpaired) electrons. The van der Waals surface area contributed by atoms with Gasteiger partial charge in [-0.3, -0.25) is 4.68 Å². The van der Waals surface area contributed by atoms with Crippen LogP contribution in [0.5, 0.6) is 5.88 Å². The molecule has 1 fully saturated rings. The molecule has 12 heteroatoms. The first kappa shape index (κ1) is 25.2. The van der Waals surface area contributed by atoms with Crippen molar-refractivity contribution in [2.45, 2.75) is 44.3 Å². The Hall–Kier alpha value is -3.51. The van der Waals surface area contributed by atoms with Gasteiger partial charge >= 0.3 is 0 Å². The van der Waals surface area contributed by atoms with Gasteiger partial charge in [-0.1, -0.05) is 17.7 Å². The molecule has 1 saturated heterocycles. The molecule has 5 rings (SSSR count). The van der Waals surface area contributed by atoms with E-state index in [1.54, 1.807) is 41.2 Å². The second-order valence-electron chi connectivity index (χ2n) is 9.30. The highest BCUT2D eigenvalue weighted by molar-refractivity contribution is 7.90. The van der Waals surface area contributed by atoms with Crippen LogP contribution in [0.2, 0.25) is 0 Å². The van der Waals surface area contributed by atoms with Crippen LogP contribution in [0.25, 0.3) is 11.0 Å². The normalized spacial score (nSPS) is 18.8. The van der Waals surface area contributed by atoms with E-state index in [0.717, 1.165) is 21.8 Å². The summed E-state index contributed by atoms with van der Waals surface area (Å²) in [4.78, 5) is 11.1. The monoisotopic (exact) mass is 527 g/mol. The van der Waals surface area contributed by atoms with E-state index in [1.807, 2.05) is 32.7 Å². The first-order valence-corrected chi connectivity index (χ1v) is 13.6. The number of hydrogen-bond donors (Lipinski definition) is 1. The van der Waals surface area contributed by atoms with Gasteiger partial charge in [-0.15, -0.1) is 0 Å². The Labute approximate surface area is 215 Å². The summed E-state index contributed by atoms with van der Waals surface area (Å²) in [6, 6.07) is 7.91. The molecule has 1 aliphatic rings. The zero-order valence-corrected chi connectivity index (χ0v) is 22.0. The molecule has 196 valence electrons. The SMILES string of the molecule is CCOc1nc(Nc2cnn(C3CCN(C)CC3F)c2C)nc2c1ccn2S(=O)(=O)c1ccc(C)cc1. The maximum absolute atomic E-state index is 14.8. The molecule has 1 aromatic carbocycles. The summed E-state index contributed by atoms with van der Waals surface area (Å²) < 4.78 is 50.2. The Balaban J connectivity index is 1.53. The van der Waals surface area contributed by atoms with Gasteiger partial charge in [-0.2, -0.15) is 15.1 Å². The van der Waals surface area contributed by atoms with Crippen LogP contribution >= 0.6 is 0 Å². The molecule has 0 amide bonds. The minimum atomic E-state index is -3.91. The Morgan fingerprint density at radius 1 is 1.16 bits per heavy atom. The van der Waals surface area contributed by atoms with Crippen LogP contribution in [0.3, 0.4) is 0 Å². The topological polar surface area (TPSA) is 107 Å². The number of nitrogens with zero attached hydrogens (tertiary/aromatic N) is 6. The lowest BCUT2D eigenvalue weighted by atomic mass is 10.0. The van der Waals surface area contributed by atoms with Crippen LogP contribution in [-0.2, 0) is 10.0 Å². The summed E-state index contributed by atoms with van der Waals surface area (Å²) in [7, 11) is -2.00. The molecule has 37 heavy (non-hydrogen) atoms. The van der Waals surface area contributed by atoms with E-state index in [4.69, 9.17) is 4.74 Å². The number of halogens is 1. The van der Waals surface area contributed by atoms with Gasteiger partial charge in [0.05, 0.1) is 40.5 Å². The first-order chi connectivity index (χ1) is 17.7. The highest BCUT2D eigenvalue weighted by Crippen LogP contribution is 2.32. The molecule has 0 bridgehead atoms. The van der Waals surface area contributed by atoms with E-state index >= 15 is 0 Å². The van der Waals surface area contributed by atoms with Gasteiger partial charge in [0.25, 0.3) is 10.0 Å². The van der Waals surface area contributed by atoms with Crippen LogP contribution in [0.15, 0.2) is 47.6 Å². The molecule has 2 unspecified atom stereocenters. The van der Waals surface area contributed by atoms with Crippen LogP contribution in [0.4, 0.5) is 16.0 Å². The standard InChI is InChI=1S/C25H30FN7O3S/c1-5-36-24-19-10-13-32(37(34,35)18-8-6-16(2)7-9-18)23(19)29-25(30-24)28-21-14-27-33(17(21)3)22-11-12-31(4)15-20(22)26/h6-10,13-14,20,22H,5,11-12,15H2,1-4H3,(H,28,29,30). The minimum absolute atomic E-state index is 0.151. The lowest BCUT2D eigenvalue weighted by molar-refractivity contribution is 0.0994. The zero-order chi connectivity index (χ0) is 26.3. The predicted molar refractivity (Wildman–Crippen MR) is 139 cm³/mol. The van der Waals surface area contributed by atoms with Crippen molar-refractivity contribution in [2.75, 3.05) is 32.1 Å². The summed E-state index contributed by atoms with van der Waals surface area (Å²) in [5, 5.41) is 8.04. The second-order valence-corrected chi connectivity index (χ2v) is 11.1. The number of rotatable bonds is 7. The molecule has 3 aromatic heterocycles. The van der Waals surface area contributed by atoms with E-state index in [2.05, 4.69) is 20.4 Å². The number of benzene rings is 1. The van der Waals surface area contributed by atoms with Crippen molar-refractivity contribution in [2.24, 2.45) is 0 Å². The van der Waals surface area contributed by atoms with E-state index in [9.17, 15) is 12.8 Å². The average molecular weight is 528 g/mol. The van der Waals surface area contributed by atoms with Gasteiger partial charge in [0, 0.05) is 19.3 Å². The van der Waals surface area contributed by atoms with Crippen molar-refractivity contribution in [3.05, 3.63) is 54.0 Å². The summed E-state index contributed by atoms with van der Waals surface area (Å²) in [6.45, 7) is 7.06. The molecular weight excluding hydrogens is 497 g/mol. The molecule has 2 atom stereocenters. The number of ether oxygens (including phenoxy) is 1. The number of nitrogens with one attached hydrogen (secondary N) is 1. The quantitative estimate of drug-likeness (QED) is 0.386. The van der Waals surface area contributed by atoms with E-state index in [-0.39, 0.29) is 28.4 Å². The van der Waals surface area contributed by atoms with E-state index in [1.165, 1.54) is 6.20 Å². The van der Waals surface area contributed by atoms with Crippen LogP contribution < -0.4 is 10.1 Å². The number of aromatic nitrogens is 5. The Morgan fingerprint density at radius 2 is 1.92 bits per heavy atom. The van der Waals surface area contributed by atoms with Crippen LogP contribution in [0.1, 0.15) is 30.6 Å². The average Bonchev–Trinajstić information content (AvgIpc) is 3.44. The first-order valence-electron chi connectivity index (χ1n) is 12.2. The summed E-state index contributed by atoms with van der Waals surface area (Å²) in [5.74, 6) is 0.412. The fourth-order valence-corrected chi connectivity index (χ4v) is 5.90. The van der Waals surface area contributed by atoms with Gasteiger partial charge in [-0.05, 0) is 52.4 Å². The predicted octanol–water partition coefficient (Wildman–Crippen LogP) is 3.84. The number of likely N-dealkylation sites (tertiary alicyclic amines) is 1. The largest absolute Gasteiger partial charge is 0.477 e. The van der Waals surface area contributed by atoms with E-state index < -0.39 is 16.2 Å². The number of hydrogen-bond acceptors (Lipinski definition) is 8. The molecule has 0 saturated carbocycles. The highest BCUT2D eigenvalue weighted by atomic mass is 32.2. The third kappa shape index (κ3) is 4.66. The lowest BCUT2D eigenvalue weighted by Gasteiger charge is -2.32. The molecule has 4 heterocycles. The van der Waals surface area contributed by atoms with Crippen LogP contribution in [-0.4, -0.2) is 70.0 Å². The van der Waals surface area contributed by atoms with Crippen LogP contribution in [0, 0.1) is 13.8 Å². The maximum Gasteiger partial charge on any atom is 0.269 e. The van der Waals surface area contributed by atoms with Crippen molar-refractivity contribution < 1.29 is 17.5 Å². The molecule has 1 N–H and O–H groups in total. The smallest absolute Gasteiger partial charge is 0.269 e. The van der Waals surface area contributed by atoms with Gasteiger partial charge in [-0.25, -0.2) is 16.8 Å². The third-order valence-corrected chi connectivity index (χ3v) is 8.33. The van der Waals surface area contributed by atoms with Gasteiger partial charge in [0.15, 0.2) is 5.65 Å². The molecule has 1 aliphatic heterocycles. The van der Waals surface area contributed by atoms with E-state index in [0.29, 0.717) is 30.6 Å². The number of piperidine rings is 1. The molecule has 0 spiro atoms. The Morgan fingerprint density at radius 3 is 2.62 bits per heavy atom. The minimum Gasteiger partial charge on any atom is -0.477 e. The van der Waals surface area contributed by atoms with Gasteiger partial charge in [0.2, 0.25) is 11.8 Å². The third-order valence-electron chi connectivity index (χ3n) is 6.65. The van der Waals surface area contributed by atoms with Crippen molar-refractivity contribution in [1.29, 1.82) is 0 Å². The molecular formula is C25H30FN7O3S. The fraction of sp³-hybridized carbons (Fsp3) is 0.400. The number of alkyl halides is 1. The number of fused-ring (bicyclic) bond motifs is 1. The summed E-state index contributed by atoms with van der Waals surface area (Å²) in [6.07, 6.45) is 2.68.